The van der Waals surface area contributed by atoms with Crippen LogP contribution < -0.4 is 5.73 Å². The molecule has 1 saturated carbocycles. The van der Waals surface area contributed by atoms with E-state index in [0.29, 0.717) is 10.9 Å². The van der Waals surface area contributed by atoms with Crippen LogP contribution in [0, 0.1) is 0 Å². The number of hydrogen-bond donors (Lipinski definition) is 1. The Morgan fingerprint density at radius 2 is 2.20 bits per heavy atom. The normalized spacial score (nSPS) is 19.1. The summed E-state index contributed by atoms with van der Waals surface area (Å²) >= 11 is 5.88. The van der Waals surface area contributed by atoms with E-state index in [0.717, 1.165) is 30.4 Å². The van der Waals surface area contributed by atoms with E-state index in [4.69, 9.17) is 21.8 Å². The number of rotatable bonds is 1. The molecule has 1 heterocycles. The summed E-state index contributed by atoms with van der Waals surface area (Å²) in [6.45, 7) is 0. The van der Waals surface area contributed by atoms with Gasteiger partial charge in [-0.15, -0.1) is 0 Å². The number of aromatic nitrogens is 1. The van der Waals surface area contributed by atoms with E-state index in [-0.39, 0.29) is 5.54 Å². The van der Waals surface area contributed by atoms with Crippen molar-refractivity contribution in [1.29, 1.82) is 0 Å². The third kappa shape index (κ3) is 1.34. The zero-order valence-corrected chi connectivity index (χ0v) is 8.92. The largest absolute Gasteiger partial charge is 0.439 e. The molecule has 0 bridgehead atoms. The lowest BCUT2D eigenvalue weighted by Crippen LogP contribution is -2.43. The van der Waals surface area contributed by atoms with E-state index in [9.17, 15) is 0 Å². The Kier molecular flexibility index (Phi) is 1.82. The molecule has 0 aliphatic heterocycles. The highest BCUT2D eigenvalue weighted by atomic mass is 35.5. The molecule has 0 radical (unpaired) electrons. The van der Waals surface area contributed by atoms with Gasteiger partial charge in [0.25, 0.3) is 0 Å². The summed E-state index contributed by atoms with van der Waals surface area (Å²) in [4.78, 5) is 4.39. The molecule has 1 aliphatic carbocycles. The molecule has 0 unspecified atom stereocenters. The number of nitrogens with zero attached hydrogens (tertiary/aromatic N) is 1. The van der Waals surface area contributed by atoms with Crippen LogP contribution in [0.1, 0.15) is 25.2 Å². The van der Waals surface area contributed by atoms with Gasteiger partial charge >= 0.3 is 0 Å². The molecular weight excluding hydrogens is 212 g/mol. The van der Waals surface area contributed by atoms with Crippen molar-refractivity contribution in [3.05, 3.63) is 29.1 Å². The molecular formula is C11H11ClN2O. The topological polar surface area (TPSA) is 52.0 Å². The highest BCUT2D eigenvalue weighted by Crippen LogP contribution is 2.39. The van der Waals surface area contributed by atoms with Gasteiger partial charge in [-0.25, -0.2) is 4.98 Å². The lowest BCUT2D eigenvalue weighted by atomic mass is 9.78. The molecule has 4 heteroatoms. The summed E-state index contributed by atoms with van der Waals surface area (Å²) in [5.41, 5.74) is 7.34. The second kappa shape index (κ2) is 2.97. The zero-order valence-electron chi connectivity index (χ0n) is 8.16. The maximum absolute atomic E-state index is 6.14. The van der Waals surface area contributed by atoms with Gasteiger partial charge in [0, 0.05) is 5.02 Å². The van der Waals surface area contributed by atoms with Crippen molar-refractivity contribution in [2.24, 2.45) is 5.73 Å². The van der Waals surface area contributed by atoms with Crippen LogP contribution in [-0.4, -0.2) is 4.98 Å². The lowest BCUT2D eigenvalue weighted by molar-refractivity contribution is 0.203. The molecule has 3 rings (SSSR count). The van der Waals surface area contributed by atoms with Crippen LogP contribution in [0.25, 0.3) is 11.1 Å². The molecule has 2 aromatic rings. The van der Waals surface area contributed by atoms with Gasteiger partial charge in [0.05, 0.1) is 5.54 Å². The Bertz CT molecular complexity index is 516. The second-order valence-electron chi connectivity index (χ2n) is 4.14. The van der Waals surface area contributed by atoms with Crippen LogP contribution in [-0.2, 0) is 5.54 Å². The molecule has 15 heavy (non-hydrogen) atoms. The quantitative estimate of drug-likeness (QED) is 0.807. The summed E-state index contributed by atoms with van der Waals surface area (Å²) in [6, 6.07) is 5.42. The fourth-order valence-electron chi connectivity index (χ4n) is 1.89. The summed E-state index contributed by atoms with van der Waals surface area (Å²) in [5.74, 6) is 0.644. The van der Waals surface area contributed by atoms with Gasteiger partial charge in [-0.05, 0) is 37.5 Å². The Morgan fingerprint density at radius 3 is 2.87 bits per heavy atom. The maximum atomic E-state index is 6.14. The molecule has 2 N–H and O–H groups in total. The molecule has 0 spiro atoms. The molecule has 0 amide bonds. The van der Waals surface area contributed by atoms with E-state index >= 15 is 0 Å². The van der Waals surface area contributed by atoms with E-state index in [1.165, 1.54) is 0 Å². The second-order valence-corrected chi connectivity index (χ2v) is 4.58. The van der Waals surface area contributed by atoms with Gasteiger partial charge in [-0.3, -0.25) is 0 Å². The zero-order chi connectivity index (χ0) is 10.5. The number of fused-ring (bicyclic) bond motifs is 1. The minimum Gasteiger partial charge on any atom is -0.439 e. The van der Waals surface area contributed by atoms with E-state index < -0.39 is 0 Å². The molecule has 78 valence electrons. The van der Waals surface area contributed by atoms with Crippen LogP contribution in [0.5, 0.6) is 0 Å². The minimum absolute atomic E-state index is 0.342. The molecule has 1 aromatic heterocycles. The predicted octanol–water partition coefficient (Wildman–Crippen LogP) is 2.82. The van der Waals surface area contributed by atoms with E-state index in [1.54, 1.807) is 12.1 Å². The smallest absolute Gasteiger partial charge is 0.215 e. The van der Waals surface area contributed by atoms with E-state index in [2.05, 4.69) is 4.98 Å². The van der Waals surface area contributed by atoms with Crippen LogP contribution in [0.15, 0.2) is 22.6 Å². The first-order valence-electron chi connectivity index (χ1n) is 5.03. The molecule has 1 aromatic carbocycles. The van der Waals surface area contributed by atoms with Crippen molar-refractivity contribution in [2.45, 2.75) is 24.8 Å². The Labute approximate surface area is 92.2 Å². The van der Waals surface area contributed by atoms with Crippen molar-refractivity contribution < 1.29 is 4.42 Å². The Morgan fingerprint density at radius 1 is 1.40 bits per heavy atom. The maximum Gasteiger partial charge on any atom is 0.215 e. The van der Waals surface area contributed by atoms with Crippen LogP contribution in [0.3, 0.4) is 0 Å². The van der Waals surface area contributed by atoms with Crippen LogP contribution in [0.4, 0.5) is 0 Å². The van der Waals surface area contributed by atoms with Crippen molar-refractivity contribution in [3.8, 4) is 0 Å². The van der Waals surface area contributed by atoms with Gasteiger partial charge in [-0.2, -0.15) is 0 Å². The number of halogens is 1. The SMILES string of the molecule is NC1(c2nc3cc(Cl)ccc3o2)CCC1. The van der Waals surface area contributed by atoms with Gasteiger partial charge in [-0.1, -0.05) is 11.6 Å². The fraction of sp³-hybridized carbons (Fsp3) is 0.364. The Hall–Kier alpha value is -1.06. The Balaban J connectivity index is 2.14. The molecule has 3 nitrogen and oxygen atoms in total. The number of oxazole rings is 1. The van der Waals surface area contributed by atoms with E-state index in [1.807, 2.05) is 6.07 Å². The standard InChI is InChI=1S/C11H11ClN2O/c12-7-2-3-9-8(6-7)14-10(15-9)11(13)4-1-5-11/h2-3,6H,1,4-5,13H2. The first-order valence-corrected chi connectivity index (χ1v) is 5.41. The van der Waals surface area contributed by atoms with Crippen molar-refractivity contribution >= 4 is 22.7 Å². The molecule has 0 saturated heterocycles. The molecule has 1 fully saturated rings. The van der Waals surface area contributed by atoms with Crippen molar-refractivity contribution in [3.63, 3.8) is 0 Å². The van der Waals surface area contributed by atoms with Crippen LogP contribution in [0.2, 0.25) is 5.02 Å². The van der Waals surface area contributed by atoms with Gasteiger partial charge in [0.2, 0.25) is 5.89 Å². The van der Waals surface area contributed by atoms with Gasteiger partial charge < -0.3 is 10.2 Å². The summed E-state index contributed by atoms with van der Waals surface area (Å²) < 4.78 is 5.64. The number of benzene rings is 1. The minimum atomic E-state index is -0.342. The average Bonchev–Trinajstić information content (AvgIpc) is 2.57. The number of hydrogen-bond acceptors (Lipinski definition) is 3. The first kappa shape index (κ1) is 9.19. The third-order valence-electron chi connectivity index (χ3n) is 3.02. The summed E-state index contributed by atoms with van der Waals surface area (Å²) in [7, 11) is 0. The predicted molar refractivity (Wildman–Crippen MR) is 58.7 cm³/mol. The lowest BCUT2D eigenvalue weighted by Gasteiger charge is -2.34. The third-order valence-corrected chi connectivity index (χ3v) is 3.26. The fourth-order valence-corrected chi connectivity index (χ4v) is 2.05. The van der Waals surface area contributed by atoms with Crippen LogP contribution >= 0.6 is 11.6 Å². The average molecular weight is 223 g/mol. The van der Waals surface area contributed by atoms with Gasteiger partial charge in [0.15, 0.2) is 5.58 Å². The summed E-state index contributed by atoms with van der Waals surface area (Å²) in [6.07, 6.45) is 3.05. The summed E-state index contributed by atoms with van der Waals surface area (Å²) in [5, 5.41) is 0.669. The number of nitrogens with two attached hydrogens (primary N) is 1. The first-order chi connectivity index (χ1) is 7.17. The monoisotopic (exact) mass is 222 g/mol. The molecule has 1 aliphatic rings. The van der Waals surface area contributed by atoms with Crippen molar-refractivity contribution in [2.75, 3.05) is 0 Å². The highest BCUT2D eigenvalue weighted by molar-refractivity contribution is 6.31. The molecule has 0 atom stereocenters. The highest BCUT2D eigenvalue weighted by Gasteiger charge is 2.39. The van der Waals surface area contributed by atoms with Crippen molar-refractivity contribution in [1.82, 2.24) is 4.98 Å². The van der Waals surface area contributed by atoms with Gasteiger partial charge in [0.1, 0.15) is 5.52 Å².